The second-order valence-corrected chi connectivity index (χ2v) is 10.1. The molecule has 0 atom stereocenters. The molecule has 1 aliphatic heterocycles. The topological polar surface area (TPSA) is 81.2 Å². The number of aromatic nitrogens is 4. The summed E-state index contributed by atoms with van der Waals surface area (Å²) in [7, 11) is 1.64. The van der Waals surface area contributed by atoms with Gasteiger partial charge in [-0.25, -0.2) is 14.5 Å². The van der Waals surface area contributed by atoms with Gasteiger partial charge in [0, 0.05) is 43.7 Å². The van der Waals surface area contributed by atoms with E-state index in [1.165, 1.54) is 13.0 Å². The largest absolute Gasteiger partial charge is 0.496 e. The quantitative estimate of drug-likeness (QED) is 0.283. The average molecular weight is 519 g/mol. The number of piperazine rings is 1. The molecule has 10 heteroatoms. The number of methoxy groups -OCH3 is 1. The van der Waals surface area contributed by atoms with Crippen LogP contribution < -0.4 is 14.4 Å². The summed E-state index contributed by atoms with van der Waals surface area (Å²) in [6, 6.07) is 9.59. The molecule has 1 fully saturated rings. The molecular weight excluding hydrogens is 488 g/mol. The van der Waals surface area contributed by atoms with Gasteiger partial charge in [-0.15, -0.1) is 11.3 Å². The molecule has 0 unspecified atom stereocenters. The van der Waals surface area contributed by atoms with Crippen molar-refractivity contribution in [2.24, 2.45) is 0 Å². The Labute approximate surface area is 219 Å². The molecular formula is C27H30N6O3S. The number of fused-ring (bicyclic) bond motifs is 2. The maximum absolute atomic E-state index is 6.26. The molecule has 1 aliphatic rings. The fraction of sp³-hybridized carbons (Fsp3) is 0.370. The molecule has 4 aromatic heterocycles. The summed E-state index contributed by atoms with van der Waals surface area (Å²) < 4.78 is 19.7. The van der Waals surface area contributed by atoms with E-state index >= 15 is 0 Å². The van der Waals surface area contributed by atoms with Gasteiger partial charge in [0.05, 0.1) is 30.1 Å². The number of furan rings is 1. The molecule has 0 aliphatic carbocycles. The van der Waals surface area contributed by atoms with E-state index in [-0.39, 0.29) is 0 Å². The molecule has 6 rings (SSSR count). The molecule has 5 aromatic rings. The highest BCUT2D eigenvalue weighted by Gasteiger charge is 2.20. The number of rotatable bonds is 8. The lowest BCUT2D eigenvalue weighted by atomic mass is 10.2. The van der Waals surface area contributed by atoms with E-state index in [1.54, 1.807) is 23.0 Å². The van der Waals surface area contributed by atoms with Gasteiger partial charge in [-0.2, -0.15) is 5.10 Å². The Morgan fingerprint density at radius 2 is 1.95 bits per heavy atom. The number of imidazole rings is 1. The molecule has 1 aromatic carbocycles. The first kappa shape index (κ1) is 23.7. The number of benzene rings is 1. The summed E-state index contributed by atoms with van der Waals surface area (Å²) in [5.41, 5.74) is 3.99. The number of aryl methyl sites for hydroxylation is 1. The SMILES string of the molecule is CCCN1CCN(c2nc(COc3cc(OC)cc4oc(-c5cn6nc(C)ccc6n5)cc34)cs2)CC1. The predicted molar refractivity (Wildman–Crippen MR) is 145 cm³/mol. The normalized spacial score (nSPS) is 14.6. The minimum absolute atomic E-state index is 0.368. The maximum Gasteiger partial charge on any atom is 0.185 e. The van der Waals surface area contributed by atoms with Crippen LogP contribution in [0, 0.1) is 6.92 Å². The van der Waals surface area contributed by atoms with Crippen molar-refractivity contribution in [3.8, 4) is 23.0 Å². The van der Waals surface area contributed by atoms with Crippen molar-refractivity contribution in [2.75, 3.05) is 44.7 Å². The molecule has 37 heavy (non-hydrogen) atoms. The number of anilines is 1. The van der Waals surface area contributed by atoms with E-state index < -0.39 is 0 Å². The van der Waals surface area contributed by atoms with E-state index in [0.29, 0.717) is 35.1 Å². The van der Waals surface area contributed by atoms with Crippen LogP contribution in [0.15, 0.2) is 46.3 Å². The number of nitrogens with zero attached hydrogens (tertiary/aromatic N) is 6. The van der Waals surface area contributed by atoms with Crippen molar-refractivity contribution < 1.29 is 13.9 Å². The van der Waals surface area contributed by atoms with E-state index in [0.717, 1.165) is 53.7 Å². The lowest BCUT2D eigenvalue weighted by molar-refractivity contribution is 0.258. The van der Waals surface area contributed by atoms with Crippen LogP contribution >= 0.6 is 11.3 Å². The minimum Gasteiger partial charge on any atom is -0.496 e. The molecule has 0 bridgehead atoms. The second kappa shape index (κ2) is 10.0. The fourth-order valence-corrected chi connectivity index (χ4v) is 5.54. The molecule has 0 radical (unpaired) electrons. The Morgan fingerprint density at radius 1 is 1.08 bits per heavy atom. The Bertz CT molecular complexity index is 1530. The molecule has 0 spiro atoms. The van der Waals surface area contributed by atoms with Crippen LogP contribution in [0.3, 0.4) is 0 Å². The van der Waals surface area contributed by atoms with E-state index in [9.17, 15) is 0 Å². The van der Waals surface area contributed by atoms with Crippen molar-refractivity contribution in [3.63, 3.8) is 0 Å². The van der Waals surface area contributed by atoms with Gasteiger partial charge >= 0.3 is 0 Å². The lowest BCUT2D eigenvalue weighted by Crippen LogP contribution is -2.46. The number of thiazole rings is 1. The average Bonchev–Trinajstić information content (AvgIpc) is 3.65. The van der Waals surface area contributed by atoms with Crippen molar-refractivity contribution in [2.45, 2.75) is 26.9 Å². The van der Waals surface area contributed by atoms with Crippen molar-refractivity contribution >= 4 is 33.1 Å². The highest BCUT2D eigenvalue weighted by molar-refractivity contribution is 7.13. The van der Waals surface area contributed by atoms with Gasteiger partial charge in [-0.05, 0) is 38.1 Å². The predicted octanol–water partition coefficient (Wildman–Crippen LogP) is 5.03. The van der Waals surface area contributed by atoms with Gasteiger partial charge in [-0.1, -0.05) is 6.92 Å². The van der Waals surface area contributed by atoms with Gasteiger partial charge in [0.1, 0.15) is 29.4 Å². The van der Waals surface area contributed by atoms with Crippen molar-refractivity contribution in [1.82, 2.24) is 24.5 Å². The van der Waals surface area contributed by atoms with E-state index in [1.807, 2.05) is 43.5 Å². The fourth-order valence-electron chi connectivity index (χ4n) is 4.68. The first-order valence-corrected chi connectivity index (χ1v) is 13.5. The Morgan fingerprint density at radius 3 is 2.76 bits per heavy atom. The van der Waals surface area contributed by atoms with E-state index in [2.05, 4.69) is 32.2 Å². The van der Waals surface area contributed by atoms with Crippen LogP contribution in [0.1, 0.15) is 24.7 Å². The summed E-state index contributed by atoms with van der Waals surface area (Å²) in [5.74, 6) is 2.00. The van der Waals surface area contributed by atoms with E-state index in [4.69, 9.17) is 18.9 Å². The van der Waals surface area contributed by atoms with Gasteiger partial charge in [0.15, 0.2) is 16.5 Å². The summed E-state index contributed by atoms with van der Waals surface area (Å²) >= 11 is 1.68. The molecule has 9 nitrogen and oxygen atoms in total. The number of hydrogen-bond donors (Lipinski definition) is 0. The Balaban J connectivity index is 1.21. The van der Waals surface area contributed by atoms with Crippen LogP contribution in [0.25, 0.3) is 28.1 Å². The highest BCUT2D eigenvalue weighted by Crippen LogP contribution is 2.37. The molecule has 1 saturated heterocycles. The summed E-state index contributed by atoms with van der Waals surface area (Å²) in [6.45, 7) is 9.93. The zero-order chi connectivity index (χ0) is 25.4. The van der Waals surface area contributed by atoms with Gasteiger partial charge in [0.25, 0.3) is 0 Å². The lowest BCUT2D eigenvalue weighted by Gasteiger charge is -2.34. The molecule has 0 saturated carbocycles. The zero-order valence-electron chi connectivity index (χ0n) is 21.3. The van der Waals surface area contributed by atoms with Crippen LogP contribution in [0.4, 0.5) is 5.13 Å². The van der Waals surface area contributed by atoms with Gasteiger partial charge in [0.2, 0.25) is 0 Å². The monoisotopic (exact) mass is 518 g/mol. The number of ether oxygens (including phenoxy) is 2. The molecule has 0 amide bonds. The van der Waals surface area contributed by atoms with Crippen LogP contribution in [0.5, 0.6) is 11.5 Å². The molecule has 5 heterocycles. The summed E-state index contributed by atoms with van der Waals surface area (Å²) in [4.78, 5) is 14.4. The number of hydrogen-bond acceptors (Lipinski definition) is 9. The minimum atomic E-state index is 0.368. The van der Waals surface area contributed by atoms with Gasteiger partial charge < -0.3 is 18.8 Å². The van der Waals surface area contributed by atoms with Crippen LogP contribution in [-0.2, 0) is 6.61 Å². The summed E-state index contributed by atoms with van der Waals surface area (Å²) in [5, 5.41) is 8.49. The summed E-state index contributed by atoms with van der Waals surface area (Å²) in [6.07, 6.45) is 3.07. The first-order valence-electron chi connectivity index (χ1n) is 12.6. The third kappa shape index (κ3) is 4.86. The molecule has 192 valence electrons. The van der Waals surface area contributed by atoms with Crippen molar-refractivity contribution in [3.05, 3.63) is 53.3 Å². The van der Waals surface area contributed by atoms with Crippen LogP contribution in [-0.4, -0.2) is 64.3 Å². The zero-order valence-corrected chi connectivity index (χ0v) is 22.1. The highest BCUT2D eigenvalue weighted by atomic mass is 32.1. The standard InChI is InChI=1S/C27H30N6O3S/c1-4-7-31-8-10-32(11-9-31)27-28-19(17-37-27)16-35-23-12-20(34-3)13-24-21(23)14-25(36-24)22-15-33-26(29-22)6-5-18(2)30-33/h5-6,12-15,17H,4,7-11,16H2,1-3H3. The third-order valence-corrected chi connectivity index (χ3v) is 7.56. The third-order valence-electron chi connectivity index (χ3n) is 6.61. The smallest absolute Gasteiger partial charge is 0.185 e. The Hall–Kier alpha value is -3.63. The van der Waals surface area contributed by atoms with Crippen molar-refractivity contribution in [1.29, 1.82) is 0 Å². The van der Waals surface area contributed by atoms with Crippen LogP contribution in [0.2, 0.25) is 0 Å². The first-order chi connectivity index (χ1) is 18.1. The molecule has 0 N–H and O–H groups in total. The maximum atomic E-state index is 6.26. The van der Waals surface area contributed by atoms with Gasteiger partial charge in [-0.3, -0.25) is 4.90 Å². The second-order valence-electron chi connectivity index (χ2n) is 9.29. The Kier molecular flexibility index (Phi) is 6.43.